The fourth-order valence-electron chi connectivity index (χ4n) is 3.00. The van der Waals surface area contributed by atoms with Gasteiger partial charge in [-0.05, 0) is 42.0 Å². The Morgan fingerprint density at radius 2 is 1.96 bits per heavy atom. The fraction of sp³-hybridized carbons (Fsp3) is 0.188. The van der Waals surface area contributed by atoms with Gasteiger partial charge >= 0.3 is 0 Å². The zero-order chi connectivity index (χ0) is 16.1. The molecule has 4 rings (SSSR count). The monoisotopic (exact) mass is 330 g/mol. The number of hydrogen-bond donors (Lipinski definition) is 0. The number of aromatic nitrogens is 3. The lowest BCUT2D eigenvalue weighted by Gasteiger charge is -2.06. The predicted octanol–water partition coefficient (Wildman–Crippen LogP) is 3.80. The molecule has 0 saturated heterocycles. The molecule has 0 radical (unpaired) electrons. The Morgan fingerprint density at radius 3 is 2.65 bits per heavy atom. The van der Waals surface area contributed by atoms with Crippen molar-refractivity contribution in [2.75, 3.05) is 0 Å². The van der Waals surface area contributed by atoms with E-state index < -0.39 is 17.2 Å². The molecule has 2 heterocycles. The average molecular weight is 331 g/mol. The molecule has 1 fully saturated rings. The van der Waals surface area contributed by atoms with E-state index in [4.69, 9.17) is 16.9 Å². The highest BCUT2D eigenvalue weighted by atomic mass is 35.5. The minimum Gasteiger partial charge on any atom is -0.235 e. The average Bonchev–Trinajstić information content (AvgIpc) is 3.16. The molecule has 2 atom stereocenters. The molecule has 1 aliphatic carbocycles. The lowest BCUT2D eigenvalue weighted by molar-refractivity contribution is 0.573. The maximum Gasteiger partial charge on any atom is 0.157 e. The van der Waals surface area contributed by atoms with Crippen molar-refractivity contribution in [2.24, 2.45) is 0 Å². The summed E-state index contributed by atoms with van der Waals surface area (Å²) in [6.45, 7) is 0. The van der Waals surface area contributed by atoms with Gasteiger partial charge in [-0.2, -0.15) is 10.4 Å². The molecule has 1 saturated carbocycles. The third-order valence-electron chi connectivity index (χ3n) is 4.15. The summed E-state index contributed by atoms with van der Waals surface area (Å²) in [5, 5.41) is 13.2. The molecule has 0 amide bonds. The highest BCUT2D eigenvalue weighted by Gasteiger charge is 2.42. The molecule has 2 aromatic heterocycles. The molecular weight excluding hydrogens is 322 g/mol. The van der Waals surface area contributed by atoms with E-state index in [-0.39, 0.29) is 11.8 Å². The van der Waals surface area contributed by atoms with E-state index in [1.165, 1.54) is 18.2 Å². The first-order valence-electron chi connectivity index (χ1n) is 6.97. The number of nitrogens with zero attached hydrogens (tertiary/aromatic N) is 4. The highest BCUT2D eigenvalue weighted by molar-refractivity contribution is 6.29. The normalized spacial score (nSPS) is 19.7. The van der Waals surface area contributed by atoms with Crippen LogP contribution in [0.2, 0.25) is 5.15 Å². The molecule has 4 nitrogen and oxygen atoms in total. The maximum atomic E-state index is 13.8. The Kier molecular flexibility index (Phi) is 3.06. The molecule has 0 aliphatic heterocycles. The van der Waals surface area contributed by atoms with Gasteiger partial charge in [0.1, 0.15) is 28.4 Å². The van der Waals surface area contributed by atoms with Crippen LogP contribution in [0.1, 0.15) is 34.9 Å². The van der Waals surface area contributed by atoms with Crippen LogP contribution in [-0.4, -0.2) is 14.6 Å². The number of benzene rings is 1. The summed E-state index contributed by atoms with van der Waals surface area (Å²) in [5.74, 6) is -1.60. The maximum absolute atomic E-state index is 13.8. The Bertz CT molecular complexity index is 953. The molecule has 1 aromatic carbocycles. The lowest BCUT2D eigenvalue weighted by Crippen LogP contribution is -1.98. The zero-order valence-electron chi connectivity index (χ0n) is 11.7. The molecule has 23 heavy (non-hydrogen) atoms. The summed E-state index contributed by atoms with van der Waals surface area (Å²) in [7, 11) is 0. The summed E-state index contributed by atoms with van der Waals surface area (Å²) in [4.78, 5) is 4.26. The number of nitriles is 1. The molecule has 1 aliphatic rings. The summed E-state index contributed by atoms with van der Waals surface area (Å²) in [6, 6.07) is 5.74. The van der Waals surface area contributed by atoms with Gasteiger partial charge in [-0.3, -0.25) is 0 Å². The van der Waals surface area contributed by atoms with Crippen molar-refractivity contribution in [2.45, 2.75) is 18.3 Å². The van der Waals surface area contributed by atoms with Crippen LogP contribution >= 0.6 is 11.6 Å². The van der Waals surface area contributed by atoms with Crippen molar-refractivity contribution >= 4 is 17.2 Å². The Morgan fingerprint density at radius 1 is 1.22 bits per heavy atom. The van der Waals surface area contributed by atoms with Crippen LogP contribution in [-0.2, 0) is 0 Å². The fourth-order valence-corrected chi connectivity index (χ4v) is 3.20. The van der Waals surface area contributed by atoms with E-state index in [0.29, 0.717) is 16.4 Å². The van der Waals surface area contributed by atoms with Crippen LogP contribution in [0.5, 0.6) is 0 Å². The van der Waals surface area contributed by atoms with Crippen LogP contribution < -0.4 is 0 Å². The molecule has 0 bridgehead atoms. The Hall–Kier alpha value is -2.52. The van der Waals surface area contributed by atoms with Crippen molar-refractivity contribution < 1.29 is 8.78 Å². The van der Waals surface area contributed by atoms with E-state index in [2.05, 4.69) is 10.1 Å². The van der Waals surface area contributed by atoms with Gasteiger partial charge < -0.3 is 0 Å². The molecule has 114 valence electrons. The smallest absolute Gasteiger partial charge is 0.157 e. The van der Waals surface area contributed by atoms with Gasteiger partial charge in [-0.15, -0.1) is 0 Å². The van der Waals surface area contributed by atoms with Gasteiger partial charge in [-0.25, -0.2) is 18.3 Å². The lowest BCUT2D eigenvalue weighted by atomic mass is 10.0. The highest BCUT2D eigenvalue weighted by Crippen LogP contribution is 2.55. The van der Waals surface area contributed by atoms with Gasteiger partial charge in [-0.1, -0.05) is 11.6 Å². The second-order valence-electron chi connectivity index (χ2n) is 5.54. The number of rotatable bonds is 2. The largest absolute Gasteiger partial charge is 0.235 e. The predicted molar refractivity (Wildman–Crippen MR) is 79.2 cm³/mol. The van der Waals surface area contributed by atoms with Crippen molar-refractivity contribution in [3.8, 4) is 6.07 Å². The topological polar surface area (TPSA) is 54.0 Å². The first-order chi connectivity index (χ1) is 11.1. The van der Waals surface area contributed by atoms with E-state index in [9.17, 15) is 8.78 Å². The van der Waals surface area contributed by atoms with Gasteiger partial charge in [0.2, 0.25) is 0 Å². The summed E-state index contributed by atoms with van der Waals surface area (Å²) in [5.41, 5.74) is 1.59. The van der Waals surface area contributed by atoms with Crippen LogP contribution in [0.25, 0.3) is 5.65 Å². The second-order valence-corrected chi connectivity index (χ2v) is 5.93. The van der Waals surface area contributed by atoms with E-state index >= 15 is 0 Å². The van der Waals surface area contributed by atoms with Crippen molar-refractivity contribution in [1.82, 2.24) is 14.6 Å². The summed E-state index contributed by atoms with van der Waals surface area (Å²) >= 11 is 6.02. The SMILES string of the molecule is N#Cc1c(F)cc([C@H]2C[C@@H]2c2cc(Cl)nn3ccnc23)cc1F. The summed E-state index contributed by atoms with van der Waals surface area (Å²) in [6.07, 6.45) is 4.07. The Balaban J connectivity index is 1.73. The minimum atomic E-state index is -0.827. The number of fused-ring (bicyclic) bond motifs is 1. The zero-order valence-corrected chi connectivity index (χ0v) is 12.4. The van der Waals surface area contributed by atoms with Crippen molar-refractivity contribution in [3.63, 3.8) is 0 Å². The van der Waals surface area contributed by atoms with Gasteiger partial charge in [0.15, 0.2) is 5.65 Å². The standard InChI is InChI=1S/C16H9ClF2N4/c17-15-6-11(16-21-1-2-23(16)22-15)10-5-9(10)8-3-13(18)12(7-20)14(19)4-8/h1-4,6,9-10H,5H2/t9-,10+/m1/s1. The first kappa shape index (κ1) is 14.1. The molecule has 7 heteroatoms. The van der Waals surface area contributed by atoms with E-state index in [1.54, 1.807) is 23.0 Å². The van der Waals surface area contributed by atoms with Crippen LogP contribution in [0.4, 0.5) is 8.78 Å². The summed E-state index contributed by atoms with van der Waals surface area (Å²) < 4.78 is 29.2. The van der Waals surface area contributed by atoms with Crippen LogP contribution in [0, 0.1) is 23.0 Å². The van der Waals surface area contributed by atoms with Gasteiger partial charge in [0.05, 0.1) is 0 Å². The quantitative estimate of drug-likeness (QED) is 0.718. The molecule has 0 N–H and O–H groups in total. The molecule has 0 unspecified atom stereocenters. The first-order valence-corrected chi connectivity index (χ1v) is 7.35. The third kappa shape index (κ3) is 2.25. The number of halogens is 3. The number of hydrogen-bond acceptors (Lipinski definition) is 3. The third-order valence-corrected chi connectivity index (χ3v) is 4.34. The van der Waals surface area contributed by atoms with E-state index in [1.807, 2.05) is 0 Å². The van der Waals surface area contributed by atoms with Crippen LogP contribution in [0.15, 0.2) is 30.6 Å². The molecular formula is C16H9ClF2N4. The molecule has 3 aromatic rings. The number of imidazole rings is 1. The van der Waals surface area contributed by atoms with Crippen LogP contribution in [0.3, 0.4) is 0 Å². The second kappa shape index (κ2) is 5.00. The Labute approximate surface area is 134 Å². The molecule has 0 spiro atoms. The van der Waals surface area contributed by atoms with E-state index in [0.717, 1.165) is 12.0 Å². The van der Waals surface area contributed by atoms with Crippen molar-refractivity contribution in [1.29, 1.82) is 5.26 Å². The van der Waals surface area contributed by atoms with Gasteiger partial charge in [0.25, 0.3) is 0 Å². The van der Waals surface area contributed by atoms with Crippen molar-refractivity contribution in [3.05, 3.63) is 64.1 Å². The van der Waals surface area contributed by atoms with Gasteiger partial charge in [0, 0.05) is 18.0 Å². The minimum absolute atomic E-state index is 0.0225.